The number of rotatable bonds is 11. The number of esters is 1. The fraction of sp³-hybridized carbons (Fsp3) is 0.182. The number of nitrogens with zero attached hydrogens (tertiary/aromatic N) is 1. The highest BCUT2D eigenvalue weighted by molar-refractivity contribution is 7.92. The van der Waals surface area contributed by atoms with Gasteiger partial charge in [-0.05, 0) is 42.5 Å². The molecule has 0 aromatic heterocycles. The molecule has 31 heavy (non-hydrogen) atoms. The van der Waals surface area contributed by atoms with Gasteiger partial charge < -0.3 is 14.4 Å². The van der Waals surface area contributed by atoms with Crippen molar-refractivity contribution in [2.45, 2.75) is 4.90 Å². The van der Waals surface area contributed by atoms with Crippen molar-refractivity contribution in [3.63, 3.8) is 0 Å². The zero-order valence-electron chi connectivity index (χ0n) is 17.1. The second-order valence-electron chi connectivity index (χ2n) is 6.31. The van der Waals surface area contributed by atoms with Crippen molar-refractivity contribution in [3.05, 3.63) is 79.4 Å². The lowest BCUT2D eigenvalue weighted by molar-refractivity contribution is -0.133. The molecule has 0 unspecified atom stereocenters. The van der Waals surface area contributed by atoms with E-state index in [1.165, 1.54) is 36.3 Å². The Morgan fingerprint density at radius 2 is 1.71 bits per heavy atom. The highest BCUT2D eigenvalue weighted by Gasteiger charge is 2.19. The molecule has 0 bridgehead atoms. The van der Waals surface area contributed by atoms with Crippen LogP contribution < -0.4 is 9.46 Å². The van der Waals surface area contributed by atoms with Crippen LogP contribution >= 0.6 is 0 Å². The summed E-state index contributed by atoms with van der Waals surface area (Å²) in [6, 6.07) is 11.7. The number of benzene rings is 2. The molecule has 0 aliphatic carbocycles. The van der Waals surface area contributed by atoms with E-state index in [4.69, 9.17) is 9.47 Å². The Balaban J connectivity index is 2.08. The van der Waals surface area contributed by atoms with Gasteiger partial charge in [0.25, 0.3) is 15.9 Å². The smallest absolute Gasteiger partial charge is 0.338 e. The Labute approximate surface area is 181 Å². The van der Waals surface area contributed by atoms with Crippen LogP contribution in [-0.4, -0.2) is 52.0 Å². The SMILES string of the molecule is C=CCN(CC=C)C(=O)COC(=O)c1cccc(S(=O)(=O)Nc2ccc(OC)cc2)c1. The summed E-state index contributed by atoms with van der Waals surface area (Å²) in [7, 11) is -2.44. The minimum absolute atomic E-state index is 0.00407. The molecule has 0 aliphatic rings. The highest BCUT2D eigenvalue weighted by Crippen LogP contribution is 2.20. The predicted octanol–water partition coefficient (Wildman–Crippen LogP) is 2.85. The van der Waals surface area contributed by atoms with Crippen LogP contribution in [0.4, 0.5) is 5.69 Å². The van der Waals surface area contributed by atoms with Crippen LogP contribution in [0.2, 0.25) is 0 Å². The predicted molar refractivity (Wildman–Crippen MR) is 118 cm³/mol. The van der Waals surface area contributed by atoms with Gasteiger partial charge in [0, 0.05) is 18.8 Å². The number of ether oxygens (including phenoxy) is 2. The molecule has 2 aromatic carbocycles. The number of anilines is 1. The molecule has 164 valence electrons. The Kier molecular flexibility index (Phi) is 8.39. The van der Waals surface area contributed by atoms with E-state index in [2.05, 4.69) is 17.9 Å². The lowest BCUT2D eigenvalue weighted by atomic mass is 10.2. The van der Waals surface area contributed by atoms with Crippen LogP contribution in [0.1, 0.15) is 10.4 Å². The third-order valence-corrected chi connectivity index (χ3v) is 5.48. The maximum atomic E-state index is 12.7. The van der Waals surface area contributed by atoms with Crippen molar-refractivity contribution in [1.82, 2.24) is 4.90 Å². The normalized spacial score (nSPS) is 10.6. The summed E-state index contributed by atoms with van der Waals surface area (Å²) in [6.07, 6.45) is 3.10. The summed E-state index contributed by atoms with van der Waals surface area (Å²) in [5, 5.41) is 0. The molecule has 0 fully saturated rings. The van der Waals surface area contributed by atoms with E-state index in [0.717, 1.165) is 0 Å². The fourth-order valence-corrected chi connectivity index (χ4v) is 3.66. The molecule has 8 nitrogen and oxygen atoms in total. The van der Waals surface area contributed by atoms with Crippen molar-refractivity contribution in [2.75, 3.05) is 31.5 Å². The summed E-state index contributed by atoms with van der Waals surface area (Å²) in [5.74, 6) is -0.646. The van der Waals surface area contributed by atoms with E-state index in [9.17, 15) is 18.0 Å². The molecule has 0 heterocycles. The summed E-state index contributed by atoms with van der Waals surface area (Å²) in [4.78, 5) is 25.8. The van der Waals surface area contributed by atoms with Crippen LogP contribution in [0.3, 0.4) is 0 Å². The topological polar surface area (TPSA) is 102 Å². The lowest BCUT2D eigenvalue weighted by Gasteiger charge is -2.19. The number of methoxy groups -OCH3 is 1. The maximum absolute atomic E-state index is 12.7. The number of sulfonamides is 1. The largest absolute Gasteiger partial charge is 0.497 e. The number of carbonyl (C=O) groups excluding carboxylic acids is 2. The zero-order chi connectivity index (χ0) is 22.9. The van der Waals surface area contributed by atoms with Gasteiger partial charge in [0.2, 0.25) is 0 Å². The molecule has 0 saturated heterocycles. The van der Waals surface area contributed by atoms with Crippen LogP contribution in [0.15, 0.2) is 78.7 Å². The van der Waals surface area contributed by atoms with Crippen LogP contribution in [0.5, 0.6) is 5.75 Å². The molecule has 9 heteroatoms. The average Bonchev–Trinajstić information content (AvgIpc) is 2.77. The Bertz CT molecular complexity index is 1040. The third-order valence-electron chi connectivity index (χ3n) is 4.10. The van der Waals surface area contributed by atoms with Crippen LogP contribution in [0.25, 0.3) is 0 Å². The molecule has 0 saturated carbocycles. The molecule has 1 amide bonds. The van der Waals surface area contributed by atoms with Gasteiger partial charge in [0.15, 0.2) is 6.61 Å². The van der Waals surface area contributed by atoms with Gasteiger partial charge in [-0.15, -0.1) is 13.2 Å². The standard InChI is InChI=1S/C22H24N2O6S/c1-4-13-24(14-5-2)21(25)16-30-22(26)17-7-6-8-20(15-17)31(27,28)23-18-9-11-19(29-3)12-10-18/h4-12,15,23H,1-2,13-14,16H2,3H3. The number of hydrogen-bond donors (Lipinski definition) is 1. The molecule has 1 N–H and O–H groups in total. The molecule has 0 aliphatic heterocycles. The molecule has 2 aromatic rings. The van der Waals surface area contributed by atoms with Gasteiger partial charge in [0.05, 0.1) is 17.6 Å². The van der Waals surface area contributed by atoms with Crippen molar-refractivity contribution < 1.29 is 27.5 Å². The Hall–Kier alpha value is -3.59. The molecule has 0 radical (unpaired) electrons. The van der Waals surface area contributed by atoms with Gasteiger partial charge in [-0.3, -0.25) is 9.52 Å². The van der Waals surface area contributed by atoms with Crippen LogP contribution in [0, 0.1) is 0 Å². The van der Waals surface area contributed by atoms with Crippen molar-refractivity contribution in [1.29, 1.82) is 0 Å². The lowest BCUT2D eigenvalue weighted by Crippen LogP contribution is -2.35. The third kappa shape index (κ3) is 6.71. The first kappa shape index (κ1) is 23.7. The molecule has 0 spiro atoms. The monoisotopic (exact) mass is 444 g/mol. The quantitative estimate of drug-likeness (QED) is 0.422. The second kappa shape index (κ2) is 11.0. The highest BCUT2D eigenvalue weighted by atomic mass is 32.2. The molecule has 2 rings (SSSR count). The average molecular weight is 445 g/mol. The second-order valence-corrected chi connectivity index (χ2v) is 8.00. The summed E-state index contributed by atoms with van der Waals surface area (Å²) < 4.78 is 37.8. The zero-order valence-corrected chi connectivity index (χ0v) is 17.9. The summed E-state index contributed by atoms with van der Waals surface area (Å²) in [6.45, 7) is 7.23. The van der Waals surface area contributed by atoms with E-state index < -0.39 is 28.5 Å². The number of nitrogens with one attached hydrogen (secondary N) is 1. The van der Waals surface area contributed by atoms with E-state index in [0.29, 0.717) is 11.4 Å². The van der Waals surface area contributed by atoms with Gasteiger partial charge in [0.1, 0.15) is 5.75 Å². The van der Waals surface area contributed by atoms with Gasteiger partial charge >= 0.3 is 5.97 Å². The first-order valence-electron chi connectivity index (χ1n) is 9.24. The first-order chi connectivity index (χ1) is 14.8. The number of hydrogen-bond acceptors (Lipinski definition) is 6. The van der Waals surface area contributed by atoms with E-state index in [-0.39, 0.29) is 23.5 Å². The maximum Gasteiger partial charge on any atom is 0.338 e. The van der Waals surface area contributed by atoms with Crippen molar-refractivity contribution in [3.8, 4) is 5.75 Å². The van der Waals surface area contributed by atoms with Crippen molar-refractivity contribution >= 4 is 27.6 Å². The summed E-state index contributed by atoms with van der Waals surface area (Å²) >= 11 is 0. The molecule has 0 atom stereocenters. The van der Waals surface area contributed by atoms with Gasteiger partial charge in [-0.25, -0.2) is 13.2 Å². The van der Waals surface area contributed by atoms with Gasteiger partial charge in [-0.2, -0.15) is 0 Å². The molecular weight excluding hydrogens is 420 g/mol. The Morgan fingerprint density at radius 3 is 2.29 bits per heavy atom. The van der Waals surface area contributed by atoms with Crippen molar-refractivity contribution in [2.24, 2.45) is 0 Å². The minimum atomic E-state index is -3.94. The Morgan fingerprint density at radius 1 is 1.06 bits per heavy atom. The van der Waals surface area contributed by atoms with Crippen LogP contribution in [-0.2, 0) is 19.6 Å². The minimum Gasteiger partial charge on any atom is -0.497 e. The summed E-state index contributed by atoms with van der Waals surface area (Å²) in [5.41, 5.74) is 0.341. The van der Waals surface area contributed by atoms with E-state index in [1.54, 1.807) is 36.4 Å². The van der Waals surface area contributed by atoms with E-state index >= 15 is 0 Å². The van der Waals surface area contributed by atoms with Gasteiger partial charge in [-0.1, -0.05) is 18.2 Å². The number of amides is 1. The number of carbonyl (C=O) groups is 2. The van der Waals surface area contributed by atoms with E-state index in [1.807, 2.05) is 0 Å². The fourth-order valence-electron chi connectivity index (χ4n) is 2.56. The molecular formula is C22H24N2O6S. The first-order valence-corrected chi connectivity index (χ1v) is 10.7.